The van der Waals surface area contributed by atoms with E-state index in [1.807, 2.05) is 13.8 Å². The molecule has 0 aliphatic carbocycles. The Kier molecular flexibility index (Phi) is 5.74. The number of aromatic carboxylic acids is 1. The van der Waals surface area contributed by atoms with Gasteiger partial charge in [0.25, 0.3) is 0 Å². The molecule has 0 aliphatic heterocycles. The van der Waals surface area contributed by atoms with Crippen molar-refractivity contribution in [2.45, 2.75) is 20.0 Å². The molecule has 19 heavy (non-hydrogen) atoms. The van der Waals surface area contributed by atoms with E-state index >= 15 is 0 Å². The van der Waals surface area contributed by atoms with Crippen molar-refractivity contribution < 1.29 is 19.4 Å². The van der Waals surface area contributed by atoms with E-state index in [0.717, 1.165) is 0 Å². The SMILES string of the molecule is CC(C)OCCNC(=O)Nc1cncc(C(=O)O)c1. The summed E-state index contributed by atoms with van der Waals surface area (Å²) < 4.78 is 5.26. The van der Waals surface area contributed by atoms with Crippen molar-refractivity contribution in [2.24, 2.45) is 0 Å². The van der Waals surface area contributed by atoms with Gasteiger partial charge in [0.2, 0.25) is 0 Å². The average molecular weight is 267 g/mol. The molecule has 0 saturated carbocycles. The fourth-order valence-corrected chi connectivity index (χ4v) is 1.26. The zero-order valence-corrected chi connectivity index (χ0v) is 10.8. The number of carboxylic acid groups (broad SMARTS) is 1. The van der Waals surface area contributed by atoms with Crippen molar-refractivity contribution in [1.82, 2.24) is 10.3 Å². The number of pyridine rings is 1. The van der Waals surface area contributed by atoms with Gasteiger partial charge in [0, 0.05) is 12.7 Å². The Bertz CT molecular complexity index is 448. The van der Waals surface area contributed by atoms with Gasteiger partial charge in [-0.05, 0) is 19.9 Å². The van der Waals surface area contributed by atoms with Crippen LogP contribution in [0, 0.1) is 0 Å². The molecular formula is C12H17N3O4. The second-order valence-corrected chi connectivity index (χ2v) is 4.07. The number of hydrogen-bond acceptors (Lipinski definition) is 4. The van der Waals surface area contributed by atoms with E-state index in [1.165, 1.54) is 18.5 Å². The molecule has 0 bridgehead atoms. The lowest BCUT2D eigenvalue weighted by molar-refractivity contribution is 0.0696. The summed E-state index contributed by atoms with van der Waals surface area (Å²) in [7, 11) is 0. The molecule has 1 aromatic rings. The third-order valence-electron chi connectivity index (χ3n) is 2.08. The Morgan fingerprint density at radius 2 is 2.16 bits per heavy atom. The monoisotopic (exact) mass is 267 g/mol. The predicted octanol–water partition coefficient (Wildman–Crippen LogP) is 1.33. The normalized spacial score (nSPS) is 10.3. The minimum Gasteiger partial charge on any atom is -0.478 e. The number of aromatic nitrogens is 1. The minimum atomic E-state index is -1.10. The largest absolute Gasteiger partial charge is 0.478 e. The Morgan fingerprint density at radius 1 is 1.42 bits per heavy atom. The predicted molar refractivity (Wildman–Crippen MR) is 69.3 cm³/mol. The summed E-state index contributed by atoms with van der Waals surface area (Å²) in [5.74, 6) is -1.10. The number of carbonyl (C=O) groups excluding carboxylic acids is 1. The zero-order valence-electron chi connectivity index (χ0n) is 10.8. The molecule has 7 nitrogen and oxygen atoms in total. The molecule has 0 radical (unpaired) electrons. The first-order valence-electron chi connectivity index (χ1n) is 5.84. The lowest BCUT2D eigenvalue weighted by Gasteiger charge is -2.09. The first-order valence-corrected chi connectivity index (χ1v) is 5.84. The van der Waals surface area contributed by atoms with Crippen molar-refractivity contribution in [3.63, 3.8) is 0 Å². The van der Waals surface area contributed by atoms with Gasteiger partial charge in [-0.15, -0.1) is 0 Å². The first kappa shape index (κ1) is 14.9. The number of nitrogens with one attached hydrogen (secondary N) is 2. The molecule has 3 N–H and O–H groups in total. The number of amides is 2. The number of carboxylic acids is 1. The summed E-state index contributed by atoms with van der Waals surface area (Å²) in [5, 5.41) is 13.9. The zero-order chi connectivity index (χ0) is 14.3. The summed E-state index contributed by atoms with van der Waals surface area (Å²) in [5.41, 5.74) is 0.336. The second-order valence-electron chi connectivity index (χ2n) is 4.07. The summed E-state index contributed by atoms with van der Waals surface area (Å²) in [6.45, 7) is 4.60. The molecule has 7 heteroatoms. The number of rotatable bonds is 6. The van der Waals surface area contributed by atoms with Crippen molar-refractivity contribution in [3.8, 4) is 0 Å². The van der Waals surface area contributed by atoms with Crippen LogP contribution in [0.15, 0.2) is 18.5 Å². The minimum absolute atomic E-state index is 0.0148. The Morgan fingerprint density at radius 3 is 2.79 bits per heavy atom. The van der Waals surface area contributed by atoms with Gasteiger partial charge in [-0.2, -0.15) is 0 Å². The number of carbonyl (C=O) groups is 2. The number of urea groups is 1. The van der Waals surface area contributed by atoms with Gasteiger partial charge in [-0.3, -0.25) is 4.98 Å². The average Bonchev–Trinajstić information content (AvgIpc) is 2.34. The summed E-state index contributed by atoms with van der Waals surface area (Å²) in [4.78, 5) is 25.9. The fraction of sp³-hybridized carbons (Fsp3) is 0.417. The molecular weight excluding hydrogens is 250 g/mol. The lowest BCUT2D eigenvalue weighted by Crippen LogP contribution is -2.32. The number of nitrogens with zero attached hydrogens (tertiary/aromatic N) is 1. The van der Waals surface area contributed by atoms with Crippen LogP contribution in [0.2, 0.25) is 0 Å². The lowest BCUT2D eigenvalue weighted by atomic mass is 10.3. The van der Waals surface area contributed by atoms with E-state index in [-0.39, 0.29) is 11.7 Å². The van der Waals surface area contributed by atoms with E-state index in [1.54, 1.807) is 0 Å². The van der Waals surface area contributed by atoms with Crippen LogP contribution in [0.25, 0.3) is 0 Å². The molecule has 1 rings (SSSR count). The third kappa shape index (κ3) is 5.82. The third-order valence-corrected chi connectivity index (χ3v) is 2.08. The van der Waals surface area contributed by atoms with Crippen molar-refractivity contribution >= 4 is 17.7 Å². The van der Waals surface area contributed by atoms with E-state index in [0.29, 0.717) is 18.8 Å². The molecule has 0 atom stereocenters. The van der Waals surface area contributed by atoms with Crippen molar-refractivity contribution in [2.75, 3.05) is 18.5 Å². The summed E-state index contributed by atoms with van der Waals surface area (Å²) >= 11 is 0. The van der Waals surface area contributed by atoms with Gasteiger partial charge < -0.3 is 20.5 Å². The molecule has 0 aliphatic rings. The molecule has 0 saturated heterocycles. The Balaban J connectivity index is 2.40. The van der Waals surface area contributed by atoms with Crippen LogP contribution < -0.4 is 10.6 Å². The van der Waals surface area contributed by atoms with Crippen molar-refractivity contribution in [3.05, 3.63) is 24.0 Å². The van der Waals surface area contributed by atoms with E-state index in [4.69, 9.17) is 9.84 Å². The summed E-state index contributed by atoms with van der Waals surface area (Å²) in [6, 6.07) is 0.899. The van der Waals surface area contributed by atoms with Crippen LogP contribution in [0.1, 0.15) is 24.2 Å². The maximum Gasteiger partial charge on any atom is 0.337 e. The van der Waals surface area contributed by atoms with Gasteiger partial charge in [-0.1, -0.05) is 0 Å². The van der Waals surface area contributed by atoms with Gasteiger partial charge in [0.1, 0.15) is 0 Å². The highest BCUT2D eigenvalue weighted by molar-refractivity contribution is 5.92. The molecule has 0 unspecified atom stereocenters. The highest BCUT2D eigenvalue weighted by Crippen LogP contribution is 2.07. The van der Waals surface area contributed by atoms with Crippen LogP contribution in [0.4, 0.5) is 10.5 Å². The highest BCUT2D eigenvalue weighted by Gasteiger charge is 2.06. The number of anilines is 1. The van der Waals surface area contributed by atoms with Crippen LogP contribution in [0.5, 0.6) is 0 Å². The Labute approximate surface area is 111 Å². The maximum absolute atomic E-state index is 11.5. The molecule has 104 valence electrons. The van der Waals surface area contributed by atoms with E-state index in [9.17, 15) is 9.59 Å². The molecule has 0 spiro atoms. The fourth-order valence-electron chi connectivity index (χ4n) is 1.26. The van der Waals surface area contributed by atoms with Crippen LogP contribution in [0.3, 0.4) is 0 Å². The topological polar surface area (TPSA) is 101 Å². The first-order chi connectivity index (χ1) is 8.99. The van der Waals surface area contributed by atoms with Crippen molar-refractivity contribution in [1.29, 1.82) is 0 Å². The van der Waals surface area contributed by atoms with Gasteiger partial charge in [0.05, 0.1) is 30.2 Å². The van der Waals surface area contributed by atoms with E-state index in [2.05, 4.69) is 15.6 Å². The molecule has 0 fully saturated rings. The molecule has 2 amide bonds. The van der Waals surface area contributed by atoms with Crippen LogP contribution in [-0.4, -0.2) is 41.3 Å². The maximum atomic E-state index is 11.5. The van der Waals surface area contributed by atoms with Crippen LogP contribution in [-0.2, 0) is 4.74 Å². The number of ether oxygens (including phenoxy) is 1. The Hall–Kier alpha value is -2.15. The van der Waals surface area contributed by atoms with Gasteiger partial charge >= 0.3 is 12.0 Å². The van der Waals surface area contributed by atoms with Gasteiger partial charge in [0.15, 0.2) is 0 Å². The van der Waals surface area contributed by atoms with E-state index < -0.39 is 12.0 Å². The molecule has 0 aromatic carbocycles. The molecule has 1 heterocycles. The number of hydrogen-bond donors (Lipinski definition) is 3. The standard InChI is InChI=1S/C12H17N3O4/c1-8(2)19-4-3-14-12(18)15-10-5-9(11(16)17)6-13-7-10/h5-8H,3-4H2,1-2H3,(H,16,17)(H2,14,15,18). The van der Waals surface area contributed by atoms with Crippen LogP contribution >= 0.6 is 0 Å². The van der Waals surface area contributed by atoms with Gasteiger partial charge in [-0.25, -0.2) is 9.59 Å². The second kappa shape index (κ2) is 7.32. The summed E-state index contributed by atoms with van der Waals surface area (Å²) in [6.07, 6.45) is 2.69. The molecule has 1 aromatic heterocycles. The smallest absolute Gasteiger partial charge is 0.337 e. The quantitative estimate of drug-likeness (QED) is 0.675. The highest BCUT2D eigenvalue weighted by atomic mass is 16.5.